The second kappa shape index (κ2) is 10.6. The zero-order valence-electron chi connectivity index (χ0n) is 15.7. The summed E-state index contributed by atoms with van der Waals surface area (Å²) in [6.07, 6.45) is 2.94. The van der Waals surface area contributed by atoms with E-state index in [1.165, 1.54) is 31.1 Å². The van der Waals surface area contributed by atoms with E-state index in [-0.39, 0.29) is 32.6 Å². The van der Waals surface area contributed by atoms with Gasteiger partial charge < -0.3 is 5.11 Å². The SMILES string of the molecule is CC(=O)/C=C(/C)O.Cc1cccc(C)c1-n1ncc(-c2[c-]cccc2)n1.[Pt]. The fourth-order valence-corrected chi connectivity index (χ4v) is 2.46. The number of carbonyl (C=O) groups is 1. The molecule has 3 rings (SSSR count). The topological polar surface area (TPSA) is 68.0 Å². The smallest absolute Gasteiger partial charge is 0.155 e. The van der Waals surface area contributed by atoms with E-state index in [1.54, 1.807) is 11.0 Å². The van der Waals surface area contributed by atoms with Crippen LogP contribution in [0.1, 0.15) is 25.0 Å². The van der Waals surface area contributed by atoms with E-state index in [1.807, 2.05) is 30.3 Å². The monoisotopic (exact) mass is 543 g/mol. The Hall–Kier alpha value is -2.52. The molecule has 0 saturated carbocycles. The Kier molecular flexibility index (Phi) is 8.83. The van der Waals surface area contributed by atoms with E-state index >= 15 is 0 Å². The van der Waals surface area contributed by atoms with Crippen molar-refractivity contribution in [3.8, 4) is 16.9 Å². The van der Waals surface area contributed by atoms with Crippen LogP contribution in [-0.2, 0) is 25.9 Å². The van der Waals surface area contributed by atoms with E-state index in [4.69, 9.17) is 5.11 Å². The zero-order chi connectivity index (χ0) is 19.1. The summed E-state index contributed by atoms with van der Waals surface area (Å²) in [6.45, 7) is 6.99. The van der Waals surface area contributed by atoms with Gasteiger partial charge in [0.05, 0.1) is 11.4 Å². The van der Waals surface area contributed by atoms with Crippen molar-refractivity contribution in [3.63, 3.8) is 0 Å². The van der Waals surface area contributed by atoms with Crippen LogP contribution in [-0.4, -0.2) is 25.9 Å². The van der Waals surface area contributed by atoms with Crippen LogP contribution < -0.4 is 0 Å². The molecule has 144 valence electrons. The number of aliphatic hydroxyl groups is 1. The quantitative estimate of drug-likeness (QED) is 0.303. The van der Waals surface area contributed by atoms with Gasteiger partial charge in [-0.25, -0.2) is 0 Å². The molecule has 0 saturated heterocycles. The number of aromatic nitrogens is 3. The molecule has 1 heterocycles. The number of nitrogens with zero attached hydrogens (tertiary/aromatic N) is 3. The van der Waals surface area contributed by atoms with E-state index in [0.717, 1.165) is 16.9 Å². The maximum absolute atomic E-state index is 10.0. The second-order valence-electron chi connectivity index (χ2n) is 5.93. The van der Waals surface area contributed by atoms with Crippen LogP contribution in [0.4, 0.5) is 0 Å². The van der Waals surface area contributed by atoms with Gasteiger partial charge in [0.25, 0.3) is 0 Å². The number of carbonyl (C=O) groups excluding carboxylic acids is 1. The average molecular weight is 544 g/mol. The molecule has 0 radical (unpaired) electrons. The molecule has 1 aromatic heterocycles. The molecule has 0 fully saturated rings. The number of benzene rings is 2. The van der Waals surface area contributed by atoms with Gasteiger partial charge in [-0.1, -0.05) is 18.2 Å². The Bertz CT molecular complexity index is 894. The van der Waals surface area contributed by atoms with Crippen LogP contribution in [0.2, 0.25) is 0 Å². The van der Waals surface area contributed by atoms with Crippen molar-refractivity contribution in [2.75, 3.05) is 0 Å². The Balaban J connectivity index is 0.000000395. The van der Waals surface area contributed by atoms with Crippen LogP contribution in [0.15, 0.2) is 60.5 Å². The predicted octanol–water partition coefficient (Wildman–Crippen LogP) is 4.39. The van der Waals surface area contributed by atoms with Gasteiger partial charge in [-0.3, -0.25) is 4.79 Å². The third kappa shape index (κ3) is 6.61. The Morgan fingerprint density at radius 2 is 1.78 bits per heavy atom. The van der Waals surface area contributed by atoms with Crippen molar-refractivity contribution in [2.24, 2.45) is 0 Å². The number of allylic oxidation sites excluding steroid dienone is 2. The Morgan fingerprint density at radius 1 is 1.11 bits per heavy atom. The molecule has 0 spiro atoms. The van der Waals surface area contributed by atoms with Gasteiger partial charge in [-0.15, -0.1) is 35.9 Å². The number of hydrogen-bond acceptors (Lipinski definition) is 4. The average Bonchev–Trinajstić information content (AvgIpc) is 3.04. The maximum Gasteiger partial charge on any atom is 0.155 e. The summed E-state index contributed by atoms with van der Waals surface area (Å²) in [5, 5.41) is 17.3. The third-order valence-corrected chi connectivity index (χ3v) is 3.53. The molecule has 0 aliphatic carbocycles. The molecule has 5 nitrogen and oxygen atoms in total. The van der Waals surface area contributed by atoms with Gasteiger partial charge in [-0.05, 0) is 38.8 Å². The molecule has 0 amide bonds. The summed E-state index contributed by atoms with van der Waals surface area (Å²) in [6, 6.07) is 17.1. The van der Waals surface area contributed by atoms with Gasteiger partial charge in [0, 0.05) is 39.0 Å². The first-order valence-corrected chi connectivity index (χ1v) is 8.22. The van der Waals surface area contributed by atoms with Crippen molar-refractivity contribution in [1.82, 2.24) is 15.0 Å². The summed E-state index contributed by atoms with van der Waals surface area (Å²) >= 11 is 0. The van der Waals surface area contributed by atoms with Gasteiger partial charge in [0.1, 0.15) is 0 Å². The third-order valence-electron chi connectivity index (χ3n) is 3.53. The molecule has 2 aromatic carbocycles. The van der Waals surface area contributed by atoms with Crippen LogP contribution in [0.5, 0.6) is 0 Å². The Morgan fingerprint density at radius 3 is 2.26 bits per heavy atom. The van der Waals surface area contributed by atoms with Crippen molar-refractivity contribution in [1.29, 1.82) is 0 Å². The number of aryl methyl sites for hydroxylation is 2. The molecule has 0 unspecified atom stereocenters. The molecule has 1 N–H and O–H groups in total. The predicted molar refractivity (Wildman–Crippen MR) is 102 cm³/mol. The fraction of sp³-hybridized carbons (Fsp3) is 0.190. The number of aliphatic hydroxyl groups excluding tert-OH is 1. The van der Waals surface area contributed by atoms with Crippen LogP contribution in [0.3, 0.4) is 0 Å². The number of ketones is 1. The molecule has 3 aromatic rings. The number of rotatable bonds is 3. The minimum absolute atomic E-state index is 0. The molecule has 0 aliphatic heterocycles. The van der Waals surface area contributed by atoms with Crippen molar-refractivity contribution in [3.05, 3.63) is 77.7 Å². The van der Waals surface area contributed by atoms with Gasteiger partial charge >= 0.3 is 0 Å². The van der Waals surface area contributed by atoms with E-state index in [2.05, 4.69) is 42.2 Å². The molecule has 0 aliphatic rings. The summed E-state index contributed by atoms with van der Waals surface area (Å²) in [4.78, 5) is 11.7. The Labute approximate surface area is 174 Å². The first-order valence-electron chi connectivity index (χ1n) is 8.22. The first kappa shape index (κ1) is 22.5. The minimum Gasteiger partial charge on any atom is -0.512 e. The maximum atomic E-state index is 10.0. The summed E-state index contributed by atoms with van der Waals surface area (Å²) < 4.78 is 0. The van der Waals surface area contributed by atoms with Crippen molar-refractivity contribution >= 4 is 5.78 Å². The first-order chi connectivity index (χ1) is 12.4. The van der Waals surface area contributed by atoms with E-state index in [0.29, 0.717) is 0 Å². The largest absolute Gasteiger partial charge is 0.512 e. The van der Waals surface area contributed by atoms with Gasteiger partial charge in [0.2, 0.25) is 0 Å². The molecular formula is C21H22N3O2Pt-. The normalized spacial score (nSPS) is 10.4. The standard InChI is InChI=1S/C16H14N3.C5H8O2.Pt/c1-12-7-6-8-13(2)16(12)19-17-11-15(18-19)14-9-4-3-5-10-14;1-4(6)3-5(2)7;/h3-9,11H,1-2H3;3,6H,1-2H3;/q-1;;/b;4-3-;. The molecule has 0 atom stereocenters. The van der Waals surface area contributed by atoms with Crippen LogP contribution in [0.25, 0.3) is 16.9 Å². The summed E-state index contributed by atoms with van der Waals surface area (Å²) in [5.41, 5.74) is 5.17. The molecular weight excluding hydrogens is 521 g/mol. The van der Waals surface area contributed by atoms with E-state index in [9.17, 15) is 4.79 Å². The van der Waals surface area contributed by atoms with Crippen LogP contribution in [0, 0.1) is 19.9 Å². The molecule has 0 bridgehead atoms. The summed E-state index contributed by atoms with van der Waals surface area (Å²) in [5.74, 6) is -0.0625. The number of hydrogen-bond donors (Lipinski definition) is 1. The van der Waals surface area contributed by atoms with Crippen LogP contribution >= 0.6 is 0 Å². The number of para-hydroxylation sites is 1. The second-order valence-corrected chi connectivity index (χ2v) is 5.93. The van der Waals surface area contributed by atoms with Crippen molar-refractivity contribution < 1.29 is 31.0 Å². The summed E-state index contributed by atoms with van der Waals surface area (Å²) in [7, 11) is 0. The van der Waals surface area contributed by atoms with Crippen molar-refractivity contribution in [2.45, 2.75) is 27.7 Å². The van der Waals surface area contributed by atoms with Gasteiger partial charge in [-0.2, -0.15) is 15.0 Å². The van der Waals surface area contributed by atoms with Gasteiger partial charge in [0.15, 0.2) is 5.78 Å². The zero-order valence-corrected chi connectivity index (χ0v) is 18.0. The fourth-order valence-electron chi connectivity index (χ4n) is 2.46. The molecule has 27 heavy (non-hydrogen) atoms. The minimum atomic E-state index is -0.125. The van der Waals surface area contributed by atoms with E-state index < -0.39 is 0 Å². The molecule has 6 heteroatoms.